The summed E-state index contributed by atoms with van der Waals surface area (Å²) in [4.78, 5) is 0. The molecule has 0 atom stereocenters. The van der Waals surface area contributed by atoms with Gasteiger partial charge in [0.25, 0.3) is 0 Å². The van der Waals surface area contributed by atoms with Crippen LogP contribution in [0.5, 0.6) is 0 Å². The van der Waals surface area contributed by atoms with Gasteiger partial charge in [-0.3, -0.25) is 0 Å². The van der Waals surface area contributed by atoms with E-state index in [1.165, 1.54) is 38.5 Å². The van der Waals surface area contributed by atoms with Crippen molar-refractivity contribution in [1.29, 1.82) is 0 Å². The van der Waals surface area contributed by atoms with Gasteiger partial charge in [-0.15, -0.1) is 0 Å². The standard InChI is InChI=1S/C4H8.2C3H4/c1-2-4-3-1;2*1-2-3-1/h1-4H2;2*1-2H,3H2. The lowest BCUT2D eigenvalue weighted by atomic mass is 10.0. The van der Waals surface area contributed by atoms with Crippen molar-refractivity contribution in [2.24, 2.45) is 0 Å². The first-order valence-corrected chi connectivity index (χ1v) is 4.30. The van der Waals surface area contributed by atoms with Crippen LogP contribution < -0.4 is 0 Å². The zero-order chi connectivity index (χ0) is 7.07. The lowest BCUT2D eigenvalue weighted by molar-refractivity contribution is 0.504. The third-order valence-electron chi connectivity index (χ3n) is 1.47. The fourth-order valence-corrected chi connectivity index (χ4v) is 0.250. The van der Waals surface area contributed by atoms with Crippen molar-refractivity contribution in [3.63, 3.8) is 0 Å². The predicted octanol–water partition coefficient (Wildman–Crippen LogP) is 3.45. The summed E-state index contributed by atoms with van der Waals surface area (Å²) in [7, 11) is 0. The van der Waals surface area contributed by atoms with Crippen LogP contribution in [0.1, 0.15) is 38.5 Å². The van der Waals surface area contributed by atoms with Crippen molar-refractivity contribution in [3.05, 3.63) is 24.3 Å². The van der Waals surface area contributed by atoms with E-state index in [1.54, 1.807) is 0 Å². The maximum Gasteiger partial charge on any atom is -0.0169 e. The maximum absolute atomic E-state index is 2.12. The third kappa shape index (κ3) is 10.5. The van der Waals surface area contributed by atoms with Crippen molar-refractivity contribution in [2.45, 2.75) is 38.5 Å². The number of allylic oxidation sites excluding steroid dienone is 4. The van der Waals surface area contributed by atoms with Gasteiger partial charge in [0.2, 0.25) is 0 Å². The summed E-state index contributed by atoms with van der Waals surface area (Å²) < 4.78 is 0. The molecule has 10 heavy (non-hydrogen) atoms. The number of rotatable bonds is 0. The molecule has 0 bridgehead atoms. The summed E-state index contributed by atoms with van der Waals surface area (Å²) >= 11 is 0. The van der Waals surface area contributed by atoms with Crippen LogP contribution >= 0.6 is 0 Å². The Morgan fingerprint density at radius 1 is 0.500 bits per heavy atom. The monoisotopic (exact) mass is 136 g/mol. The lowest BCUT2D eigenvalue weighted by Gasteiger charge is -2.05. The maximum atomic E-state index is 2.12. The van der Waals surface area contributed by atoms with Crippen LogP contribution in [0, 0.1) is 0 Å². The van der Waals surface area contributed by atoms with Crippen molar-refractivity contribution in [1.82, 2.24) is 0 Å². The minimum atomic E-state index is 1.25. The van der Waals surface area contributed by atoms with Gasteiger partial charge < -0.3 is 0 Å². The van der Waals surface area contributed by atoms with Crippen LogP contribution in [-0.4, -0.2) is 0 Å². The van der Waals surface area contributed by atoms with Crippen LogP contribution in [0.3, 0.4) is 0 Å². The molecule has 1 fully saturated rings. The summed E-state index contributed by atoms with van der Waals surface area (Å²) in [6.07, 6.45) is 17.0. The molecule has 0 saturated heterocycles. The summed E-state index contributed by atoms with van der Waals surface area (Å²) in [6, 6.07) is 0. The van der Waals surface area contributed by atoms with Gasteiger partial charge in [-0.25, -0.2) is 0 Å². The minimum absolute atomic E-state index is 1.25. The van der Waals surface area contributed by atoms with Gasteiger partial charge in [0, 0.05) is 0 Å². The first kappa shape index (κ1) is 7.59. The van der Waals surface area contributed by atoms with E-state index in [0.29, 0.717) is 0 Å². The number of hydrogen-bond donors (Lipinski definition) is 0. The first-order chi connectivity index (χ1) is 5.00. The molecule has 0 spiro atoms. The quantitative estimate of drug-likeness (QED) is 0.447. The van der Waals surface area contributed by atoms with E-state index in [0.717, 1.165) is 0 Å². The Labute approximate surface area is 63.6 Å². The Morgan fingerprint density at radius 3 is 0.700 bits per heavy atom. The van der Waals surface area contributed by atoms with Crippen molar-refractivity contribution in [2.75, 3.05) is 0 Å². The molecule has 56 valence electrons. The Balaban J connectivity index is 0.0000000762. The van der Waals surface area contributed by atoms with E-state index in [2.05, 4.69) is 24.3 Å². The second kappa shape index (κ2) is 5.28. The highest BCUT2D eigenvalue weighted by Gasteiger charge is 1.95. The summed E-state index contributed by atoms with van der Waals surface area (Å²) in [6.45, 7) is 0. The van der Waals surface area contributed by atoms with Crippen LogP contribution in [0.2, 0.25) is 0 Å². The Hall–Kier alpha value is -0.520. The molecule has 0 aromatic rings. The molecule has 3 rings (SSSR count). The highest BCUT2D eigenvalue weighted by Crippen LogP contribution is 2.15. The highest BCUT2D eigenvalue weighted by molar-refractivity contribution is 5.02. The SMILES string of the molecule is C1=CC1.C1=CC1.C1CCC1. The Bertz CT molecular complexity index is 92.0. The second-order valence-corrected chi connectivity index (χ2v) is 2.83. The largest absolute Gasteiger partial charge is 0.0844 e. The van der Waals surface area contributed by atoms with Crippen LogP contribution in [-0.2, 0) is 0 Å². The fraction of sp³-hybridized carbons (Fsp3) is 0.600. The van der Waals surface area contributed by atoms with Crippen LogP contribution in [0.25, 0.3) is 0 Å². The van der Waals surface area contributed by atoms with Gasteiger partial charge in [-0.1, -0.05) is 50.0 Å². The molecule has 0 aliphatic heterocycles. The fourth-order valence-electron chi connectivity index (χ4n) is 0.250. The van der Waals surface area contributed by atoms with Gasteiger partial charge in [0.15, 0.2) is 0 Å². The average molecular weight is 136 g/mol. The zero-order valence-corrected chi connectivity index (χ0v) is 6.55. The van der Waals surface area contributed by atoms with E-state index in [4.69, 9.17) is 0 Å². The average Bonchev–Trinajstić information content (AvgIpc) is 2.58. The normalized spacial score (nSPS) is 20.8. The molecule has 0 aromatic heterocycles. The molecule has 0 unspecified atom stereocenters. The molecule has 1 saturated carbocycles. The topological polar surface area (TPSA) is 0 Å². The first-order valence-electron chi connectivity index (χ1n) is 4.30. The zero-order valence-electron chi connectivity index (χ0n) is 6.55. The van der Waals surface area contributed by atoms with Crippen molar-refractivity contribution >= 4 is 0 Å². The van der Waals surface area contributed by atoms with E-state index in [9.17, 15) is 0 Å². The molecule has 0 heteroatoms. The van der Waals surface area contributed by atoms with Gasteiger partial charge >= 0.3 is 0 Å². The molecule has 0 heterocycles. The van der Waals surface area contributed by atoms with E-state index in [-0.39, 0.29) is 0 Å². The molecule has 0 aromatic carbocycles. The molecule has 0 radical (unpaired) electrons. The van der Waals surface area contributed by atoms with Crippen LogP contribution in [0.15, 0.2) is 24.3 Å². The van der Waals surface area contributed by atoms with E-state index >= 15 is 0 Å². The molecular formula is C10H16. The van der Waals surface area contributed by atoms with E-state index in [1.807, 2.05) is 0 Å². The summed E-state index contributed by atoms with van der Waals surface area (Å²) in [5.41, 5.74) is 0. The smallest absolute Gasteiger partial charge is 0.0169 e. The summed E-state index contributed by atoms with van der Waals surface area (Å²) in [5.74, 6) is 0. The lowest BCUT2D eigenvalue weighted by Crippen LogP contribution is -1.85. The Kier molecular flexibility index (Phi) is 4.00. The molecular weight excluding hydrogens is 120 g/mol. The van der Waals surface area contributed by atoms with Gasteiger partial charge in [-0.2, -0.15) is 0 Å². The van der Waals surface area contributed by atoms with E-state index < -0.39 is 0 Å². The molecule has 3 aliphatic carbocycles. The summed E-state index contributed by atoms with van der Waals surface area (Å²) in [5, 5.41) is 0. The van der Waals surface area contributed by atoms with Crippen molar-refractivity contribution in [3.8, 4) is 0 Å². The van der Waals surface area contributed by atoms with Gasteiger partial charge in [0.1, 0.15) is 0 Å². The molecule has 0 amide bonds. The minimum Gasteiger partial charge on any atom is -0.0844 e. The third-order valence-corrected chi connectivity index (χ3v) is 1.47. The van der Waals surface area contributed by atoms with Crippen molar-refractivity contribution < 1.29 is 0 Å². The second-order valence-electron chi connectivity index (χ2n) is 2.83. The Morgan fingerprint density at radius 2 is 0.700 bits per heavy atom. The number of hydrogen-bond acceptors (Lipinski definition) is 0. The molecule has 0 nitrogen and oxygen atoms in total. The molecule has 3 aliphatic rings. The molecule has 0 N–H and O–H groups in total. The predicted molar refractivity (Wildman–Crippen MR) is 46.0 cm³/mol. The highest BCUT2D eigenvalue weighted by atomic mass is 14.0. The van der Waals surface area contributed by atoms with Gasteiger partial charge in [-0.05, 0) is 12.8 Å². The van der Waals surface area contributed by atoms with Gasteiger partial charge in [0.05, 0.1) is 0 Å². The van der Waals surface area contributed by atoms with Crippen LogP contribution in [0.4, 0.5) is 0 Å².